The van der Waals surface area contributed by atoms with Gasteiger partial charge in [-0.05, 0) is 19.1 Å². The number of benzene rings is 2. The average Bonchev–Trinajstić information content (AvgIpc) is 3.04. The van der Waals surface area contributed by atoms with E-state index in [1.165, 1.54) is 21.0 Å². The average molecular weight is 398 g/mol. The highest BCUT2D eigenvalue weighted by atomic mass is 16.5. The minimum atomic E-state index is -1.02. The topological polar surface area (TPSA) is 107 Å². The van der Waals surface area contributed by atoms with E-state index < -0.39 is 18.0 Å². The lowest BCUT2D eigenvalue weighted by molar-refractivity contribution is -0.153. The molecule has 1 aromatic heterocycles. The molecule has 152 valence electrons. The van der Waals surface area contributed by atoms with Crippen molar-refractivity contribution >= 4 is 45.4 Å². The number of carbonyl (C=O) groups excluding carboxylic acids is 3. The highest BCUT2D eigenvalue weighted by Gasteiger charge is 2.20. The second kappa shape index (κ2) is 8.64. The van der Waals surface area contributed by atoms with Crippen LogP contribution in [0.3, 0.4) is 0 Å². The fourth-order valence-corrected chi connectivity index (χ4v) is 2.90. The second-order valence-electron chi connectivity index (χ2n) is 6.50. The van der Waals surface area contributed by atoms with E-state index in [-0.39, 0.29) is 18.9 Å². The molecule has 0 spiro atoms. The van der Waals surface area contributed by atoms with Gasteiger partial charge in [-0.15, -0.1) is 0 Å². The highest BCUT2D eigenvalue weighted by molar-refractivity contribution is 6.08. The first kappa shape index (κ1) is 20.2. The Bertz CT molecular complexity index is 1070. The molecule has 29 heavy (non-hydrogen) atoms. The fraction of sp³-hybridized carbons (Fsp3) is 0.286. The van der Waals surface area contributed by atoms with Gasteiger partial charge >= 0.3 is 5.97 Å². The van der Waals surface area contributed by atoms with Crippen LogP contribution in [0.1, 0.15) is 20.3 Å². The summed E-state index contributed by atoms with van der Waals surface area (Å²) in [5.41, 5.74) is 1.74. The number of anilines is 1. The van der Waals surface area contributed by atoms with Gasteiger partial charge < -0.3 is 24.5 Å². The standard InChI is InChI=1S/C21H22N2O6/c1-12(28-20(25)8-9-22-13(2)24)21(26)23-16-11-18-15(10-19(16)27-3)14-6-4-5-7-17(14)29-18/h4-7,10-12H,8-9H2,1-3H3,(H,22,24)(H,23,26)/t12-/m1/s1. The van der Waals surface area contributed by atoms with E-state index in [1.807, 2.05) is 24.3 Å². The molecule has 3 aromatic rings. The van der Waals surface area contributed by atoms with Gasteiger partial charge in [0.25, 0.3) is 5.91 Å². The molecule has 8 nitrogen and oxygen atoms in total. The molecule has 0 fully saturated rings. The minimum Gasteiger partial charge on any atom is -0.495 e. The molecule has 0 saturated heterocycles. The molecule has 3 rings (SSSR count). The Morgan fingerprint density at radius 1 is 1.10 bits per heavy atom. The number of hydrogen-bond donors (Lipinski definition) is 2. The number of nitrogens with one attached hydrogen (secondary N) is 2. The van der Waals surface area contributed by atoms with Crippen LogP contribution in [0.25, 0.3) is 21.9 Å². The van der Waals surface area contributed by atoms with E-state index in [0.29, 0.717) is 17.0 Å². The van der Waals surface area contributed by atoms with Gasteiger partial charge in [0.15, 0.2) is 6.10 Å². The summed E-state index contributed by atoms with van der Waals surface area (Å²) in [6.45, 7) is 2.98. The summed E-state index contributed by atoms with van der Waals surface area (Å²) >= 11 is 0. The summed E-state index contributed by atoms with van der Waals surface area (Å²) in [6, 6.07) is 11.1. The first-order valence-corrected chi connectivity index (χ1v) is 9.13. The Labute approximate surface area is 167 Å². The maximum Gasteiger partial charge on any atom is 0.308 e. The molecule has 2 N–H and O–H groups in total. The molecule has 2 aromatic carbocycles. The third-order valence-electron chi connectivity index (χ3n) is 4.34. The van der Waals surface area contributed by atoms with Gasteiger partial charge in [-0.1, -0.05) is 18.2 Å². The van der Waals surface area contributed by atoms with Crippen molar-refractivity contribution < 1.29 is 28.3 Å². The first-order valence-electron chi connectivity index (χ1n) is 9.13. The highest BCUT2D eigenvalue weighted by Crippen LogP contribution is 2.36. The lowest BCUT2D eigenvalue weighted by atomic mass is 10.1. The molecule has 0 saturated carbocycles. The van der Waals surface area contributed by atoms with Crippen molar-refractivity contribution in [1.82, 2.24) is 5.32 Å². The summed E-state index contributed by atoms with van der Waals surface area (Å²) in [5, 5.41) is 7.01. The van der Waals surface area contributed by atoms with Crippen LogP contribution in [0.2, 0.25) is 0 Å². The number of methoxy groups -OCH3 is 1. The SMILES string of the molecule is COc1cc2c(cc1NC(=O)[C@@H](C)OC(=O)CCNC(C)=O)oc1ccccc12. The lowest BCUT2D eigenvalue weighted by Crippen LogP contribution is -2.31. The Morgan fingerprint density at radius 2 is 1.86 bits per heavy atom. The number of furan rings is 1. The van der Waals surface area contributed by atoms with Crippen LogP contribution in [-0.4, -0.2) is 37.5 Å². The van der Waals surface area contributed by atoms with E-state index in [2.05, 4.69) is 10.6 Å². The van der Waals surface area contributed by atoms with Crippen LogP contribution in [0.15, 0.2) is 40.8 Å². The molecule has 2 amide bonds. The van der Waals surface area contributed by atoms with Crippen LogP contribution in [0.4, 0.5) is 5.69 Å². The third-order valence-corrected chi connectivity index (χ3v) is 4.34. The number of esters is 1. The van der Waals surface area contributed by atoms with Gasteiger partial charge in [0, 0.05) is 30.3 Å². The Morgan fingerprint density at radius 3 is 2.59 bits per heavy atom. The van der Waals surface area contributed by atoms with Crippen molar-refractivity contribution in [3.05, 3.63) is 36.4 Å². The second-order valence-corrected chi connectivity index (χ2v) is 6.50. The van der Waals surface area contributed by atoms with Crippen molar-refractivity contribution in [2.45, 2.75) is 26.4 Å². The van der Waals surface area contributed by atoms with Crippen LogP contribution < -0.4 is 15.4 Å². The summed E-state index contributed by atoms with van der Waals surface area (Å²) in [4.78, 5) is 35.1. The molecule has 0 radical (unpaired) electrons. The zero-order valence-corrected chi connectivity index (χ0v) is 16.4. The number of carbonyl (C=O) groups is 3. The van der Waals surface area contributed by atoms with Crippen molar-refractivity contribution in [2.24, 2.45) is 0 Å². The van der Waals surface area contributed by atoms with Crippen molar-refractivity contribution in [2.75, 3.05) is 19.0 Å². The molecule has 8 heteroatoms. The number of ether oxygens (including phenoxy) is 2. The first-order chi connectivity index (χ1) is 13.9. The Hall–Kier alpha value is -3.55. The monoisotopic (exact) mass is 398 g/mol. The molecule has 1 atom stereocenters. The summed E-state index contributed by atoms with van der Waals surface area (Å²) in [5.74, 6) is -0.869. The molecular formula is C21H22N2O6. The predicted octanol–water partition coefficient (Wildman–Crippen LogP) is 2.99. The summed E-state index contributed by atoms with van der Waals surface area (Å²) in [7, 11) is 1.50. The Balaban J connectivity index is 1.72. The number of para-hydroxylation sites is 1. The number of amides is 2. The van der Waals surface area contributed by atoms with Crippen LogP contribution in [0, 0.1) is 0 Å². The molecule has 0 aliphatic heterocycles. The largest absolute Gasteiger partial charge is 0.495 e. The molecule has 0 bridgehead atoms. The van der Waals surface area contributed by atoms with Crippen molar-refractivity contribution in [3.63, 3.8) is 0 Å². The van der Waals surface area contributed by atoms with E-state index >= 15 is 0 Å². The summed E-state index contributed by atoms with van der Waals surface area (Å²) < 4.78 is 16.3. The Kier molecular flexibility index (Phi) is 6.01. The normalized spacial score (nSPS) is 11.8. The zero-order chi connectivity index (χ0) is 21.0. The molecular weight excluding hydrogens is 376 g/mol. The smallest absolute Gasteiger partial charge is 0.308 e. The number of rotatable bonds is 7. The van der Waals surface area contributed by atoms with Crippen molar-refractivity contribution in [3.8, 4) is 5.75 Å². The lowest BCUT2D eigenvalue weighted by Gasteiger charge is -2.15. The van der Waals surface area contributed by atoms with Gasteiger partial charge in [-0.25, -0.2) is 0 Å². The maximum atomic E-state index is 12.5. The van der Waals surface area contributed by atoms with Gasteiger partial charge in [-0.2, -0.15) is 0 Å². The van der Waals surface area contributed by atoms with Gasteiger partial charge in [-0.3, -0.25) is 14.4 Å². The third kappa shape index (κ3) is 4.66. The predicted molar refractivity (Wildman–Crippen MR) is 108 cm³/mol. The minimum absolute atomic E-state index is 0.0224. The summed E-state index contributed by atoms with van der Waals surface area (Å²) in [6.07, 6.45) is -1.04. The van der Waals surface area contributed by atoms with E-state index in [0.717, 1.165) is 16.4 Å². The molecule has 0 unspecified atom stereocenters. The number of fused-ring (bicyclic) bond motifs is 3. The maximum absolute atomic E-state index is 12.5. The van der Waals surface area contributed by atoms with Gasteiger partial charge in [0.2, 0.25) is 5.91 Å². The van der Waals surface area contributed by atoms with Crippen molar-refractivity contribution in [1.29, 1.82) is 0 Å². The van der Waals surface area contributed by atoms with E-state index in [9.17, 15) is 14.4 Å². The van der Waals surface area contributed by atoms with E-state index in [4.69, 9.17) is 13.9 Å². The quantitative estimate of drug-likeness (QED) is 0.593. The van der Waals surface area contributed by atoms with Crippen LogP contribution in [0.5, 0.6) is 5.75 Å². The zero-order valence-electron chi connectivity index (χ0n) is 16.4. The fourth-order valence-electron chi connectivity index (χ4n) is 2.90. The van der Waals surface area contributed by atoms with Gasteiger partial charge in [0.05, 0.1) is 19.2 Å². The molecule has 1 heterocycles. The molecule has 0 aliphatic rings. The van der Waals surface area contributed by atoms with Crippen LogP contribution in [-0.2, 0) is 19.1 Å². The van der Waals surface area contributed by atoms with Gasteiger partial charge in [0.1, 0.15) is 16.9 Å². The van der Waals surface area contributed by atoms with Crippen LogP contribution >= 0.6 is 0 Å². The molecule has 0 aliphatic carbocycles. The number of hydrogen-bond acceptors (Lipinski definition) is 6. The van der Waals surface area contributed by atoms with E-state index in [1.54, 1.807) is 12.1 Å².